The summed E-state index contributed by atoms with van der Waals surface area (Å²) in [7, 11) is 0. The third kappa shape index (κ3) is 9.59. The van der Waals surface area contributed by atoms with Gasteiger partial charge in [-0.05, 0) is 152 Å². The van der Waals surface area contributed by atoms with E-state index in [-0.39, 0.29) is 37.3 Å². The van der Waals surface area contributed by atoms with Crippen LogP contribution in [0, 0.1) is 18.8 Å². The van der Waals surface area contributed by atoms with Crippen molar-refractivity contribution in [3.63, 3.8) is 0 Å². The Hall–Kier alpha value is -8.89. The zero-order valence-electron chi connectivity index (χ0n) is 49.0. The molecule has 4 heterocycles. The second-order valence-corrected chi connectivity index (χ2v) is 25.4. The van der Waals surface area contributed by atoms with E-state index in [2.05, 4.69) is 301 Å². The molecule has 0 saturated carbocycles. The second kappa shape index (κ2) is 20.8. The van der Waals surface area contributed by atoms with E-state index in [9.17, 15) is 0 Å². The van der Waals surface area contributed by atoms with Gasteiger partial charge in [0, 0.05) is 50.0 Å². The number of ether oxygens (including phenoxy) is 1. The molecular formula is C78H65N4OPt-3. The fraction of sp³-hybridized carbons (Fsp3) is 0.154. The van der Waals surface area contributed by atoms with Gasteiger partial charge in [-0.1, -0.05) is 231 Å². The van der Waals surface area contributed by atoms with Gasteiger partial charge < -0.3 is 18.8 Å². The maximum Gasteiger partial charge on any atom is 0.135 e. The van der Waals surface area contributed by atoms with Crippen LogP contribution in [0.4, 0.5) is 11.4 Å². The minimum Gasteiger partial charge on any atom is -0.509 e. The standard InChI is InChI=1S/C78H65N4O.Pt/c1-76(2,3)55-35-32-51(33-36-55)53-42-54(44-57(43-53)78(7,8)9)61-28-18-29-67-64-26-15-13-24-62(64)63-25-14-16-27-65(63)68-30-19-31-71-75(68)81(74(61)67)49-80(71)58-22-17-23-59(47-58)83-60-37-38-66-69-45-52(50-20-11-10-12-21-50)34-39-70(69)82(72(66)48-60)73-46-56(40-41-79-73)77(4,5)6;/h10-46,49H,1-9H3;/q-3;. The summed E-state index contributed by atoms with van der Waals surface area (Å²) < 4.78 is 11.6. The molecule has 0 saturated heterocycles. The van der Waals surface area contributed by atoms with Crippen LogP contribution in [0.2, 0.25) is 0 Å². The van der Waals surface area contributed by atoms with E-state index in [0.717, 1.165) is 77.5 Å². The molecule has 84 heavy (non-hydrogen) atoms. The van der Waals surface area contributed by atoms with Crippen molar-refractivity contribution in [2.24, 2.45) is 0 Å². The zero-order valence-corrected chi connectivity index (χ0v) is 51.2. The van der Waals surface area contributed by atoms with Gasteiger partial charge >= 0.3 is 0 Å². The largest absolute Gasteiger partial charge is 0.509 e. The number of fused-ring (bicyclic) bond motifs is 10. The molecule has 0 amide bonds. The van der Waals surface area contributed by atoms with Gasteiger partial charge in [0.1, 0.15) is 5.82 Å². The van der Waals surface area contributed by atoms with E-state index in [1.165, 1.54) is 54.9 Å². The van der Waals surface area contributed by atoms with E-state index in [1.807, 2.05) is 18.3 Å². The van der Waals surface area contributed by atoms with Crippen LogP contribution < -0.4 is 9.64 Å². The number of rotatable bonds is 7. The fourth-order valence-corrected chi connectivity index (χ4v) is 12.3. The Balaban J connectivity index is 0.00000658. The molecule has 10 aromatic carbocycles. The zero-order chi connectivity index (χ0) is 56.9. The molecule has 416 valence electrons. The van der Waals surface area contributed by atoms with Gasteiger partial charge in [-0.25, -0.2) is 4.98 Å². The molecule has 13 aromatic rings. The average molecular weight is 1270 g/mol. The molecule has 0 atom stereocenters. The van der Waals surface area contributed by atoms with E-state index >= 15 is 0 Å². The first-order valence-corrected chi connectivity index (χ1v) is 28.9. The molecule has 3 aromatic heterocycles. The van der Waals surface area contributed by atoms with Crippen LogP contribution in [-0.2, 0) is 37.3 Å². The number of anilines is 2. The minimum absolute atomic E-state index is 0. The maximum absolute atomic E-state index is 6.91. The number of para-hydroxylation sites is 2. The van der Waals surface area contributed by atoms with Crippen LogP contribution in [0.25, 0.3) is 104 Å². The van der Waals surface area contributed by atoms with Crippen LogP contribution in [0.15, 0.2) is 225 Å². The topological polar surface area (TPSA) is 35.2 Å². The van der Waals surface area contributed by atoms with E-state index in [0.29, 0.717) is 11.5 Å². The Bertz CT molecular complexity index is 4800. The Morgan fingerprint density at radius 3 is 1.68 bits per heavy atom. The van der Waals surface area contributed by atoms with E-state index in [4.69, 9.17) is 9.72 Å². The fourth-order valence-electron chi connectivity index (χ4n) is 12.3. The molecular weight excluding hydrogens is 1200 g/mol. The molecule has 1 aliphatic heterocycles. The third-order valence-corrected chi connectivity index (χ3v) is 16.8. The average Bonchev–Trinajstić information content (AvgIpc) is 4.22. The first kappa shape index (κ1) is 54.4. The predicted octanol–water partition coefficient (Wildman–Crippen LogP) is 21.1. The maximum atomic E-state index is 6.91. The summed E-state index contributed by atoms with van der Waals surface area (Å²) in [6.45, 7) is 22.8. The Kier molecular flexibility index (Phi) is 13.4. The van der Waals surface area contributed by atoms with Gasteiger partial charge in [0.25, 0.3) is 0 Å². The predicted molar refractivity (Wildman–Crippen MR) is 349 cm³/mol. The number of benzene rings is 10. The summed E-state index contributed by atoms with van der Waals surface area (Å²) in [6.07, 6.45) is 1.92. The van der Waals surface area contributed by atoms with Crippen molar-refractivity contribution in [2.45, 2.75) is 78.6 Å². The first-order chi connectivity index (χ1) is 40.0. The van der Waals surface area contributed by atoms with Crippen LogP contribution in [-0.4, -0.2) is 14.1 Å². The summed E-state index contributed by atoms with van der Waals surface area (Å²) >= 11 is 0. The molecule has 0 fully saturated rings. The SMILES string of the molecule is CC(C)(C)c1ccc(-c2cc(-c3cccc4c5ccccc5c5ccccc5c5cccc6c5n(c34)[CH-]N6c3[c-]c(Oc4[c-]c5c(cc4)c4cc(-c6ccccc6)ccc4n5-c4cc(C(C)(C)C)ccn4)ccc3)cc(C(C)(C)C)c2)cc1.[Pt]. The van der Waals surface area contributed by atoms with E-state index in [1.54, 1.807) is 0 Å². The summed E-state index contributed by atoms with van der Waals surface area (Å²) in [6, 6.07) is 87.2. The molecule has 0 unspecified atom stereocenters. The van der Waals surface area contributed by atoms with Crippen molar-refractivity contribution < 1.29 is 25.8 Å². The quantitative estimate of drug-likeness (QED) is 0.149. The molecule has 0 radical (unpaired) electrons. The van der Waals surface area contributed by atoms with Gasteiger partial charge in [0.05, 0.1) is 0 Å². The van der Waals surface area contributed by atoms with Crippen molar-refractivity contribution in [1.82, 2.24) is 14.1 Å². The van der Waals surface area contributed by atoms with E-state index < -0.39 is 0 Å². The van der Waals surface area contributed by atoms with Gasteiger partial charge in [-0.15, -0.1) is 35.7 Å². The number of aromatic nitrogens is 3. The molecule has 6 heteroatoms. The smallest absolute Gasteiger partial charge is 0.135 e. The summed E-state index contributed by atoms with van der Waals surface area (Å²) in [5, 5.41) is 9.20. The van der Waals surface area contributed by atoms with Gasteiger partial charge in [-0.3, -0.25) is 0 Å². The van der Waals surface area contributed by atoms with Crippen molar-refractivity contribution in [1.29, 1.82) is 0 Å². The summed E-state index contributed by atoms with van der Waals surface area (Å²) in [5.41, 5.74) is 16.7. The summed E-state index contributed by atoms with van der Waals surface area (Å²) in [5.74, 6) is 1.99. The van der Waals surface area contributed by atoms with Crippen molar-refractivity contribution in [3.05, 3.63) is 260 Å². The molecule has 5 nitrogen and oxygen atoms in total. The Labute approximate surface area is 507 Å². The monoisotopic (exact) mass is 1270 g/mol. The number of pyridine rings is 1. The van der Waals surface area contributed by atoms with Gasteiger partial charge in [-0.2, -0.15) is 12.1 Å². The van der Waals surface area contributed by atoms with Crippen molar-refractivity contribution >= 4 is 76.5 Å². The van der Waals surface area contributed by atoms with Gasteiger partial charge in [0.2, 0.25) is 0 Å². The van der Waals surface area contributed by atoms with Gasteiger partial charge in [0.15, 0.2) is 0 Å². The van der Waals surface area contributed by atoms with Crippen molar-refractivity contribution in [2.75, 3.05) is 4.90 Å². The molecule has 0 spiro atoms. The van der Waals surface area contributed by atoms with Crippen LogP contribution >= 0.6 is 0 Å². The van der Waals surface area contributed by atoms with Crippen molar-refractivity contribution in [3.8, 4) is 50.7 Å². The van der Waals surface area contributed by atoms with Crippen LogP contribution in [0.3, 0.4) is 0 Å². The number of hydrogen-bond donors (Lipinski definition) is 0. The minimum atomic E-state index is -0.117. The molecule has 0 N–H and O–H groups in total. The third-order valence-electron chi connectivity index (χ3n) is 16.8. The number of hydrogen-bond acceptors (Lipinski definition) is 3. The normalized spacial score (nSPS) is 12.6. The Morgan fingerprint density at radius 1 is 0.405 bits per heavy atom. The first-order valence-electron chi connectivity index (χ1n) is 28.9. The molecule has 14 rings (SSSR count). The Morgan fingerprint density at radius 2 is 0.988 bits per heavy atom. The molecule has 0 aliphatic carbocycles. The second-order valence-electron chi connectivity index (χ2n) is 25.4. The van der Waals surface area contributed by atoms with Crippen LogP contribution in [0.5, 0.6) is 11.5 Å². The number of nitrogens with zero attached hydrogens (tertiary/aromatic N) is 4. The molecule has 0 bridgehead atoms. The summed E-state index contributed by atoms with van der Waals surface area (Å²) in [4.78, 5) is 7.26. The van der Waals surface area contributed by atoms with Crippen LogP contribution in [0.1, 0.15) is 79.0 Å². The molecule has 1 aliphatic rings.